The predicted molar refractivity (Wildman–Crippen MR) is 122 cm³/mol. The Labute approximate surface area is 182 Å². The van der Waals surface area contributed by atoms with Gasteiger partial charge in [-0.1, -0.05) is 57.2 Å². The molecule has 1 aromatic rings. The number of unbranched alkanes of at least 4 members (excludes halogenated alkanes) is 2. The molecule has 5 nitrogen and oxygen atoms in total. The van der Waals surface area contributed by atoms with Crippen molar-refractivity contribution in [3.8, 4) is 0 Å². The fourth-order valence-electron chi connectivity index (χ4n) is 4.17. The van der Waals surface area contributed by atoms with Gasteiger partial charge in [0.15, 0.2) is 0 Å². The third-order valence-electron chi connectivity index (χ3n) is 5.56. The minimum atomic E-state index is -3.80. The fraction of sp³-hybridized carbons (Fsp3) is 0.652. The van der Waals surface area contributed by atoms with Crippen LogP contribution in [0.1, 0.15) is 78.6 Å². The highest BCUT2D eigenvalue weighted by atomic mass is 32.2. The zero-order chi connectivity index (χ0) is 22.0. The van der Waals surface area contributed by atoms with Crippen molar-refractivity contribution >= 4 is 17.4 Å². The van der Waals surface area contributed by atoms with Crippen molar-refractivity contribution in [2.24, 2.45) is 5.92 Å². The Morgan fingerprint density at radius 2 is 1.57 bits per heavy atom. The van der Waals surface area contributed by atoms with Crippen molar-refractivity contribution in [2.75, 3.05) is 13.2 Å². The summed E-state index contributed by atoms with van der Waals surface area (Å²) in [6, 6.07) is 8.47. The molecule has 7 heteroatoms. The van der Waals surface area contributed by atoms with E-state index < -0.39 is 17.4 Å². The first kappa shape index (κ1) is 25.3. The van der Waals surface area contributed by atoms with Gasteiger partial charge in [0.05, 0.1) is 28.3 Å². The highest BCUT2D eigenvalue weighted by Crippen LogP contribution is 2.63. The molecule has 0 radical (unpaired) electrons. The van der Waals surface area contributed by atoms with E-state index in [9.17, 15) is 13.0 Å². The molecule has 0 N–H and O–H groups in total. The molecule has 0 spiro atoms. The van der Waals surface area contributed by atoms with Gasteiger partial charge in [-0.05, 0) is 57.6 Å². The zero-order valence-electron chi connectivity index (χ0n) is 18.6. The molecule has 0 heterocycles. The minimum Gasteiger partial charge on any atom is -0.306 e. The van der Waals surface area contributed by atoms with Gasteiger partial charge < -0.3 is 9.05 Å². The first-order valence-electron chi connectivity index (χ1n) is 11.3. The number of hydrogen-bond acceptors (Lipinski definition) is 5. The number of hydrogen-bond donors (Lipinski definition) is 0. The third kappa shape index (κ3) is 6.29. The second-order valence-electron chi connectivity index (χ2n) is 7.75. The molecule has 1 aromatic carbocycles. The molecule has 1 aliphatic carbocycles. The molecular weight excluding hydrogens is 419 g/mol. The highest BCUT2D eigenvalue weighted by Gasteiger charge is 2.41. The van der Waals surface area contributed by atoms with Gasteiger partial charge in [-0.2, -0.15) is 0 Å². The van der Waals surface area contributed by atoms with Crippen LogP contribution in [0.25, 0.3) is 0 Å². The maximum absolute atomic E-state index is 14.0. The van der Waals surface area contributed by atoms with Crippen LogP contribution in [0.3, 0.4) is 0 Å². The molecule has 0 aromatic heterocycles. The normalized spacial score (nSPS) is 17.0. The van der Waals surface area contributed by atoms with Gasteiger partial charge >= 0.3 is 7.60 Å². The molecular formula is C23H37O5PS. The molecule has 1 aliphatic rings. The minimum absolute atomic E-state index is 0.0854. The van der Waals surface area contributed by atoms with Gasteiger partial charge in [-0.3, -0.25) is 4.57 Å². The van der Waals surface area contributed by atoms with E-state index in [-0.39, 0.29) is 28.9 Å². The van der Waals surface area contributed by atoms with Crippen molar-refractivity contribution in [3.63, 3.8) is 0 Å². The van der Waals surface area contributed by atoms with Gasteiger partial charge in [-0.15, -0.1) is 0 Å². The summed E-state index contributed by atoms with van der Waals surface area (Å²) in [6.07, 6.45) is 7.74. The lowest BCUT2D eigenvalue weighted by Gasteiger charge is -2.31. The van der Waals surface area contributed by atoms with Crippen molar-refractivity contribution in [1.29, 1.82) is 0 Å². The summed E-state index contributed by atoms with van der Waals surface area (Å²) in [7, 11) is -7.52. The van der Waals surface area contributed by atoms with E-state index in [4.69, 9.17) is 9.05 Å². The van der Waals surface area contributed by atoms with Gasteiger partial charge in [0.25, 0.3) is 0 Å². The van der Waals surface area contributed by atoms with Crippen LogP contribution in [0, 0.1) is 5.92 Å². The maximum atomic E-state index is 14.0. The highest BCUT2D eigenvalue weighted by molar-refractivity contribution is 7.95. The summed E-state index contributed by atoms with van der Waals surface area (Å²) in [4.78, 5) is 0.503. The standard InChI is InChI=1S/C23H37O5PS/c1-4-7-10-19-22(30(25,26)21-17-13-9-14-18-21)23(20-15-11-8-12-16-20)29(24,27-5-2)28-6-3/h9,13-14,17-18,20H,4-8,10-12,15-16,19H2,1-3H3/b23-22-. The average Bonchev–Trinajstić information content (AvgIpc) is 2.74. The van der Waals surface area contributed by atoms with E-state index >= 15 is 0 Å². The average molecular weight is 457 g/mol. The lowest BCUT2D eigenvalue weighted by Crippen LogP contribution is -2.18. The monoisotopic (exact) mass is 456 g/mol. The van der Waals surface area contributed by atoms with Gasteiger partial charge in [0.1, 0.15) is 0 Å². The first-order valence-corrected chi connectivity index (χ1v) is 14.4. The first-order chi connectivity index (χ1) is 14.4. The SMILES string of the molecule is CCCCC/C(=C(\C1CCCCC1)P(=O)(OCC)OCC)S(=O)(=O)c1ccccc1. The zero-order valence-corrected chi connectivity index (χ0v) is 20.3. The number of sulfone groups is 1. The van der Waals surface area contributed by atoms with Crippen LogP contribution in [0.2, 0.25) is 0 Å². The van der Waals surface area contributed by atoms with Crippen LogP contribution in [0.15, 0.2) is 45.4 Å². The van der Waals surface area contributed by atoms with Crippen LogP contribution in [-0.2, 0) is 23.4 Å². The van der Waals surface area contributed by atoms with Crippen molar-refractivity contribution in [2.45, 2.75) is 83.5 Å². The lowest BCUT2D eigenvalue weighted by molar-refractivity contribution is 0.220. The molecule has 2 rings (SSSR count). The van der Waals surface area contributed by atoms with Gasteiger partial charge in [0, 0.05) is 0 Å². The van der Waals surface area contributed by atoms with Gasteiger partial charge in [-0.25, -0.2) is 8.42 Å². The van der Waals surface area contributed by atoms with E-state index in [1.807, 2.05) is 0 Å². The van der Waals surface area contributed by atoms with Crippen molar-refractivity contribution < 1.29 is 22.0 Å². The number of allylic oxidation sites excluding steroid dienone is 2. The fourth-order valence-corrected chi connectivity index (χ4v) is 8.68. The molecule has 0 aliphatic heterocycles. The van der Waals surface area contributed by atoms with Crippen LogP contribution in [0.5, 0.6) is 0 Å². The second-order valence-corrected chi connectivity index (χ2v) is 11.7. The molecule has 0 amide bonds. The lowest BCUT2D eigenvalue weighted by atomic mass is 9.88. The van der Waals surface area contributed by atoms with Crippen LogP contribution >= 0.6 is 7.60 Å². The topological polar surface area (TPSA) is 69.7 Å². The number of rotatable bonds is 12. The summed E-state index contributed by atoms with van der Waals surface area (Å²) in [5.74, 6) is -0.0854. The molecule has 1 fully saturated rings. The molecule has 0 saturated heterocycles. The van der Waals surface area contributed by atoms with Gasteiger partial charge in [0.2, 0.25) is 9.84 Å². The summed E-state index contributed by atoms with van der Waals surface area (Å²) >= 11 is 0. The summed E-state index contributed by atoms with van der Waals surface area (Å²) < 4.78 is 53.0. The maximum Gasteiger partial charge on any atom is 0.358 e. The Hall–Kier alpha value is -0.940. The van der Waals surface area contributed by atoms with Crippen molar-refractivity contribution in [3.05, 3.63) is 40.6 Å². The second kappa shape index (κ2) is 12.2. The van der Waals surface area contributed by atoms with E-state index in [1.165, 1.54) is 0 Å². The van der Waals surface area contributed by atoms with E-state index in [0.29, 0.717) is 11.7 Å². The molecule has 0 bridgehead atoms. The van der Waals surface area contributed by atoms with E-state index in [0.717, 1.165) is 51.4 Å². The predicted octanol–water partition coefficient (Wildman–Crippen LogP) is 7.10. The summed E-state index contributed by atoms with van der Waals surface area (Å²) in [5.41, 5.74) is 0. The Morgan fingerprint density at radius 3 is 2.10 bits per heavy atom. The Morgan fingerprint density at radius 1 is 0.967 bits per heavy atom. The van der Waals surface area contributed by atoms with E-state index in [1.54, 1.807) is 44.2 Å². The Kier molecular flexibility index (Phi) is 10.3. The van der Waals surface area contributed by atoms with Crippen LogP contribution in [0.4, 0.5) is 0 Å². The summed E-state index contributed by atoms with van der Waals surface area (Å²) in [6.45, 7) is 6.05. The molecule has 0 atom stereocenters. The van der Waals surface area contributed by atoms with Crippen LogP contribution in [-0.4, -0.2) is 21.6 Å². The quantitative estimate of drug-likeness (QED) is 0.248. The Balaban J connectivity index is 2.74. The van der Waals surface area contributed by atoms with E-state index in [2.05, 4.69) is 6.92 Å². The molecule has 30 heavy (non-hydrogen) atoms. The van der Waals surface area contributed by atoms with Crippen LogP contribution < -0.4 is 0 Å². The number of benzene rings is 1. The molecule has 170 valence electrons. The largest absolute Gasteiger partial charge is 0.358 e. The molecule has 1 saturated carbocycles. The molecule has 0 unspecified atom stereocenters. The third-order valence-corrected chi connectivity index (χ3v) is 10.1. The van der Waals surface area contributed by atoms with Crippen molar-refractivity contribution in [1.82, 2.24) is 0 Å². The smallest absolute Gasteiger partial charge is 0.306 e. The Bertz CT molecular complexity index is 816. The summed E-state index contributed by atoms with van der Waals surface area (Å²) in [5, 5.41) is 0.422.